The molecule has 0 spiro atoms. The highest BCUT2D eigenvalue weighted by molar-refractivity contribution is 8.93. The first kappa shape index (κ1) is 33.6. The highest BCUT2D eigenvalue weighted by Gasteiger charge is 2.23. The Morgan fingerprint density at radius 3 is 1.85 bits per heavy atom. The first-order chi connectivity index (χ1) is 15.9. The van der Waals surface area contributed by atoms with Crippen LogP contribution in [0.15, 0.2) is 30.3 Å². The first-order valence-electron chi connectivity index (χ1n) is 13.7. The fourth-order valence-electron chi connectivity index (χ4n) is 4.69. The molecule has 1 unspecified atom stereocenters. The van der Waals surface area contributed by atoms with Gasteiger partial charge in [0.25, 0.3) is 0 Å². The molecule has 0 bridgehead atoms. The van der Waals surface area contributed by atoms with Gasteiger partial charge in [-0.2, -0.15) is 0 Å². The Kier molecular flexibility index (Phi) is 19.5. The summed E-state index contributed by atoms with van der Waals surface area (Å²) in [7, 11) is -3.29. The van der Waals surface area contributed by atoms with Gasteiger partial charge in [-0.15, -0.1) is 23.0 Å². The normalized spacial score (nSPS) is 12.9. The molecule has 0 amide bonds. The van der Waals surface area contributed by atoms with Crippen LogP contribution in [0, 0.1) is 0 Å². The maximum atomic E-state index is 12.4. The van der Waals surface area contributed by atoms with Crippen molar-refractivity contribution >= 4 is 27.0 Å². The lowest BCUT2D eigenvalue weighted by molar-refractivity contribution is -0.938. The summed E-state index contributed by atoms with van der Waals surface area (Å²) in [5.41, 5.74) is 1.37. The molecule has 0 radical (unpaired) electrons. The first-order valence-corrected chi connectivity index (χ1v) is 15.3. The maximum absolute atomic E-state index is 12.4. The van der Waals surface area contributed by atoms with E-state index in [1.54, 1.807) is 0 Å². The molecule has 6 heteroatoms. The Hall–Kier alpha value is -0.430. The smallest absolute Gasteiger partial charge is 0.104 e. The minimum atomic E-state index is -3.29. The van der Waals surface area contributed by atoms with E-state index in [-0.39, 0.29) is 28.8 Å². The standard InChI is InChI=1S/C28H52N2O2S.BrH/c1-5-8-9-10-11-12-13-14-15-19-25-33(31,32)29-27(4)21-20-24-30(6-2,7-3)26-28-22-17-16-18-23-28;/h16-18,22-23,27H,5-15,19-21,24-26H2,1-4H3;1H. The lowest BCUT2D eigenvalue weighted by Gasteiger charge is -2.38. The van der Waals surface area contributed by atoms with Crippen molar-refractivity contribution in [2.45, 2.75) is 117 Å². The van der Waals surface area contributed by atoms with Gasteiger partial charge in [0, 0.05) is 11.3 Å². The Labute approximate surface area is 222 Å². The summed E-state index contributed by atoms with van der Waals surface area (Å²) in [6, 6.07) is 10.6. The molecule has 0 aliphatic carbocycles. The minimum Gasteiger partial charge on any atom is -0.546 e. The lowest BCUT2D eigenvalue weighted by atomic mass is 10.1. The number of sulfonamides is 1. The molecule has 0 heterocycles. The zero-order valence-electron chi connectivity index (χ0n) is 22.5. The van der Waals surface area contributed by atoms with Crippen LogP contribution in [0.1, 0.15) is 110 Å². The molecular weight excluding hydrogens is 508 g/mol. The maximum Gasteiger partial charge on any atom is 0.104 e. The van der Waals surface area contributed by atoms with E-state index in [0.717, 1.165) is 62.8 Å². The van der Waals surface area contributed by atoms with Gasteiger partial charge in [-0.3, -0.25) is 0 Å². The van der Waals surface area contributed by atoms with Crippen LogP contribution >= 0.6 is 17.0 Å². The monoisotopic (exact) mass is 560 g/mol. The van der Waals surface area contributed by atoms with Gasteiger partial charge in [-0.25, -0.2) is 8.42 Å². The van der Waals surface area contributed by atoms with Crippen LogP contribution in [-0.4, -0.2) is 44.3 Å². The van der Waals surface area contributed by atoms with Gasteiger partial charge in [0.2, 0.25) is 0 Å². The zero-order chi connectivity index (χ0) is 24.4. The van der Waals surface area contributed by atoms with Crippen molar-refractivity contribution in [2.24, 2.45) is 0 Å². The largest absolute Gasteiger partial charge is 0.546 e. The molecule has 0 aliphatic heterocycles. The molecular formula is C28H53BrN2O2S. The summed E-state index contributed by atoms with van der Waals surface area (Å²) in [5.74, 6) is 0.214. The Morgan fingerprint density at radius 1 is 0.794 bits per heavy atom. The van der Waals surface area contributed by atoms with E-state index in [1.165, 1.54) is 50.5 Å². The van der Waals surface area contributed by atoms with E-state index in [1.807, 2.05) is 6.92 Å². The molecule has 0 saturated heterocycles. The van der Waals surface area contributed by atoms with Gasteiger partial charge in [-0.05, 0) is 26.7 Å². The molecule has 0 aromatic heterocycles. The second-order valence-corrected chi connectivity index (χ2v) is 11.7. The van der Waals surface area contributed by atoms with Crippen molar-refractivity contribution in [1.29, 1.82) is 0 Å². The summed E-state index contributed by atoms with van der Waals surface area (Å²) in [6.45, 7) is 13.0. The average molecular weight is 562 g/mol. The van der Waals surface area contributed by atoms with Gasteiger partial charge in [0.15, 0.2) is 0 Å². The molecule has 0 N–H and O–H groups in total. The van der Waals surface area contributed by atoms with Crippen LogP contribution in [0.25, 0.3) is 4.72 Å². The van der Waals surface area contributed by atoms with E-state index in [2.05, 4.69) is 55.8 Å². The van der Waals surface area contributed by atoms with E-state index in [9.17, 15) is 8.42 Å². The molecule has 34 heavy (non-hydrogen) atoms. The predicted octanol–water partition coefficient (Wildman–Crippen LogP) is 8.41. The minimum absolute atomic E-state index is 0. The topological polar surface area (TPSA) is 48.2 Å². The number of nitrogens with zero attached hydrogens (tertiary/aromatic N) is 2. The second-order valence-electron chi connectivity index (χ2n) is 9.91. The number of hydrogen-bond acceptors (Lipinski definition) is 2. The molecule has 4 nitrogen and oxygen atoms in total. The summed E-state index contributed by atoms with van der Waals surface area (Å²) >= 11 is 0. The van der Waals surface area contributed by atoms with Crippen molar-refractivity contribution < 1.29 is 12.9 Å². The summed E-state index contributed by atoms with van der Waals surface area (Å²) in [4.78, 5) is 0. The van der Waals surface area contributed by atoms with Crippen LogP contribution in [0.5, 0.6) is 0 Å². The van der Waals surface area contributed by atoms with Crippen molar-refractivity contribution in [2.75, 3.05) is 25.4 Å². The Morgan fingerprint density at radius 2 is 1.32 bits per heavy atom. The zero-order valence-corrected chi connectivity index (χ0v) is 25.0. The number of halogens is 1. The fourth-order valence-corrected chi connectivity index (χ4v) is 6.01. The van der Waals surface area contributed by atoms with Crippen molar-refractivity contribution in [3.05, 3.63) is 40.6 Å². The summed E-state index contributed by atoms with van der Waals surface area (Å²) < 4.78 is 30.1. The van der Waals surface area contributed by atoms with E-state index < -0.39 is 10.0 Å². The van der Waals surface area contributed by atoms with E-state index in [4.69, 9.17) is 0 Å². The summed E-state index contributed by atoms with van der Waals surface area (Å²) in [6.07, 6.45) is 13.9. The fraction of sp³-hybridized carbons (Fsp3) is 0.786. The van der Waals surface area contributed by atoms with E-state index >= 15 is 0 Å². The average Bonchev–Trinajstić information content (AvgIpc) is 2.80. The lowest BCUT2D eigenvalue weighted by Crippen LogP contribution is -2.47. The van der Waals surface area contributed by atoms with Crippen molar-refractivity contribution in [3.63, 3.8) is 0 Å². The Bertz CT molecular complexity index is 694. The van der Waals surface area contributed by atoms with Gasteiger partial charge >= 0.3 is 0 Å². The third-order valence-electron chi connectivity index (χ3n) is 7.05. The summed E-state index contributed by atoms with van der Waals surface area (Å²) in [5, 5.41) is 0. The van der Waals surface area contributed by atoms with Crippen LogP contribution in [0.4, 0.5) is 0 Å². The molecule has 0 aliphatic rings. The molecule has 1 aromatic rings. The number of rotatable bonds is 21. The van der Waals surface area contributed by atoms with Crippen LogP contribution in [-0.2, 0) is 16.6 Å². The van der Waals surface area contributed by atoms with Gasteiger partial charge < -0.3 is 9.21 Å². The molecule has 1 aromatic carbocycles. The van der Waals surface area contributed by atoms with Crippen molar-refractivity contribution in [1.82, 2.24) is 0 Å². The molecule has 0 saturated carbocycles. The highest BCUT2D eigenvalue weighted by Crippen LogP contribution is 2.20. The number of benzene rings is 1. The van der Waals surface area contributed by atoms with E-state index in [0.29, 0.717) is 0 Å². The number of hydrogen-bond donors (Lipinski definition) is 0. The third-order valence-corrected chi connectivity index (χ3v) is 8.54. The predicted molar refractivity (Wildman–Crippen MR) is 154 cm³/mol. The highest BCUT2D eigenvalue weighted by atomic mass is 79.9. The van der Waals surface area contributed by atoms with Crippen molar-refractivity contribution in [3.8, 4) is 0 Å². The molecule has 1 atom stereocenters. The van der Waals surface area contributed by atoms with Crippen LogP contribution in [0.3, 0.4) is 0 Å². The van der Waals surface area contributed by atoms with Crippen LogP contribution < -0.4 is 0 Å². The third kappa shape index (κ3) is 15.5. The number of unbranched alkanes of at least 4 members (excludes halogenated alkanes) is 9. The Balaban J connectivity index is 0.0000109. The molecule has 0 fully saturated rings. The molecule has 200 valence electrons. The van der Waals surface area contributed by atoms with Gasteiger partial charge in [0.05, 0.1) is 29.7 Å². The van der Waals surface area contributed by atoms with Crippen LogP contribution in [0.2, 0.25) is 0 Å². The SMILES string of the molecule is Br.CCCCCCCCCCCCS(=O)(=O)[N-]C(C)CCC[N+](CC)(CC)Cc1ccccc1. The quantitative estimate of drug-likeness (QED) is 0.112. The number of quaternary nitrogens is 1. The van der Waals surface area contributed by atoms with Gasteiger partial charge in [0.1, 0.15) is 6.54 Å². The van der Waals surface area contributed by atoms with Gasteiger partial charge in [-0.1, -0.05) is 108 Å². The molecule has 1 rings (SSSR count). The second kappa shape index (κ2) is 19.7.